The molecule has 5 heteroatoms. The van der Waals surface area contributed by atoms with Crippen molar-refractivity contribution < 1.29 is 9.53 Å². The summed E-state index contributed by atoms with van der Waals surface area (Å²) in [6.07, 6.45) is 5.11. The quantitative estimate of drug-likeness (QED) is 0.924. The van der Waals surface area contributed by atoms with Gasteiger partial charge in [-0.3, -0.25) is 4.79 Å². The van der Waals surface area contributed by atoms with E-state index in [2.05, 4.69) is 5.32 Å². The molecule has 3 rings (SSSR count). The minimum Gasteiger partial charge on any atom is -0.496 e. The second kappa shape index (κ2) is 7.34. The smallest absolute Gasteiger partial charge is 0.227 e. The number of nitrogens with one attached hydrogen (secondary N) is 1. The molecule has 2 heterocycles. The first-order chi connectivity index (χ1) is 10.2. The minimum absolute atomic E-state index is 0. The van der Waals surface area contributed by atoms with Crippen LogP contribution in [0.15, 0.2) is 24.3 Å². The highest BCUT2D eigenvalue weighted by Gasteiger charge is 2.36. The van der Waals surface area contributed by atoms with E-state index in [9.17, 15) is 4.79 Å². The van der Waals surface area contributed by atoms with E-state index < -0.39 is 0 Å². The van der Waals surface area contributed by atoms with Crippen molar-refractivity contribution in [3.63, 3.8) is 0 Å². The molecule has 22 heavy (non-hydrogen) atoms. The maximum atomic E-state index is 12.6. The lowest BCUT2D eigenvalue weighted by molar-refractivity contribution is -0.131. The summed E-state index contributed by atoms with van der Waals surface area (Å²) >= 11 is 0. The molecule has 0 spiro atoms. The Labute approximate surface area is 138 Å². The molecule has 1 N–H and O–H groups in total. The number of para-hydroxylation sites is 1. The van der Waals surface area contributed by atoms with Crippen LogP contribution >= 0.6 is 12.4 Å². The third-order valence-electron chi connectivity index (χ3n) is 4.92. The van der Waals surface area contributed by atoms with Crippen LogP contribution < -0.4 is 10.1 Å². The predicted molar refractivity (Wildman–Crippen MR) is 89.7 cm³/mol. The fraction of sp³-hybridized carbons (Fsp3) is 0.588. The molecule has 1 aromatic rings. The molecule has 2 fully saturated rings. The van der Waals surface area contributed by atoms with Crippen LogP contribution in [-0.4, -0.2) is 43.1 Å². The number of halogens is 1. The molecule has 2 aliphatic rings. The zero-order valence-electron chi connectivity index (χ0n) is 13.2. The van der Waals surface area contributed by atoms with Crippen LogP contribution in [0.5, 0.6) is 5.75 Å². The number of carbonyl (C=O) groups excluding carboxylic acids is 1. The van der Waals surface area contributed by atoms with Crippen molar-refractivity contribution in [3.05, 3.63) is 29.8 Å². The van der Waals surface area contributed by atoms with Crippen molar-refractivity contribution in [2.45, 2.75) is 50.2 Å². The van der Waals surface area contributed by atoms with E-state index in [0.29, 0.717) is 24.5 Å². The van der Waals surface area contributed by atoms with Gasteiger partial charge in [-0.25, -0.2) is 0 Å². The number of carbonyl (C=O) groups is 1. The number of benzene rings is 1. The monoisotopic (exact) mass is 324 g/mol. The zero-order chi connectivity index (χ0) is 14.8. The van der Waals surface area contributed by atoms with Crippen LogP contribution in [0.3, 0.4) is 0 Å². The van der Waals surface area contributed by atoms with Crippen molar-refractivity contribution in [2.75, 3.05) is 14.2 Å². The largest absolute Gasteiger partial charge is 0.496 e. The summed E-state index contributed by atoms with van der Waals surface area (Å²) in [6, 6.07) is 9.36. The van der Waals surface area contributed by atoms with Gasteiger partial charge in [0.25, 0.3) is 0 Å². The Morgan fingerprint density at radius 1 is 1.27 bits per heavy atom. The lowest BCUT2D eigenvalue weighted by atomic mass is 9.98. The third kappa shape index (κ3) is 3.55. The zero-order valence-corrected chi connectivity index (χ0v) is 14.1. The van der Waals surface area contributed by atoms with E-state index in [1.807, 2.05) is 36.2 Å². The van der Waals surface area contributed by atoms with Gasteiger partial charge in [0.05, 0.1) is 13.5 Å². The molecular weight excluding hydrogens is 300 g/mol. The molecule has 2 aliphatic heterocycles. The molecule has 2 unspecified atom stereocenters. The fourth-order valence-electron chi connectivity index (χ4n) is 3.68. The normalized spacial score (nSPS) is 26.2. The van der Waals surface area contributed by atoms with Gasteiger partial charge < -0.3 is 15.0 Å². The van der Waals surface area contributed by atoms with E-state index in [1.165, 1.54) is 12.8 Å². The SMILES string of the molecule is COc1ccccc1CC(=O)N(C)C1CC2CCC(C1)N2.Cl. The summed E-state index contributed by atoms with van der Waals surface area (Å²) in [5.41, 5.74) is 0.966. The van der Waals surface area contributed by atoms with Crippen LogP contribution in [0.1, 0.15) is 31.2 Å². The molecule has 4 nitrogen and oxygen atoms in total. The Bertz CT molecular complexity index is 511. The number of amides is 1. The molecule has 1 amide bonds. The predicted octanol–water partition coefficient (Wildman–Crippen LogP) is 2.40. The first-order valence-corrected chi connectivity index (χ1v) is 7.81. The van der Waals surface area contributed by atoms with E-state index in [-0.39, 0.29) is 18.3 Å². The Kier molecular flexibility index (Phi) is 5.70. The molecule has 0 aliphatic carbocycles. The molecule has 122 valence electrons. The average molecular weight is 325 g/mol. The van der Waals surface area contributed by atoms with E-state index in [1.54, 1.807) is 7.11 Å². The highest BCUT2D eigenvalue weighted by Crippen LogP contribution is 2.29. The molecule has 2 atom stereocenters. The van der Waals surface area contributed by atoms with Gasteiger partial charge in [0.2, 0.25) is 5.91 Å². The van der Waals surface area contributed by atoms with Crippen LogP contribution in [0.2, 0.25) is 0 Å². The van der Waals surface area contributed by atoms with Crippen LogP contribution in [-0.2, 0) is 11.2 Å². The number of rotatable bonds is 4. The summed E-state index contributed by atoms with van der Waals surface area (Å²) in [5, 5.41) is 3.62. The summed E-state index contributed by atoms with van der Waals surface area (Å²) in [5.74, 6) is 0.982. The summed E-state index contributed by atoms with van der Waals surface area (Å²) < 4.78 is 5.33. The van der Waals surface area contributed by atoms with Gasteiger partial charge in [-0.1, -0.05) is 18.2 Å². The number of methoxy groups -OCH3 is 1. The molecule has 2 bridgehead atoms. The number of likely N-dealkylation sites (N-methyl/N-ethyl adjacent to an activating group) is 1. The number of fused-ring (bicyclic) bond motifs is 2. The van der Waals surface area contributed by atoms with Crippen molar-refractivity contribution in [1.82, 2.24) is 10.2 Å². The van der Waals surface area contributed by atoms with Crippen LogP contribution in [0, 0.1) is 0 Å². The van der Waals surface area contributed by atoms with Gasteiger partial charge in [0.15, 0.2) is 0 Å². The van der Waals surface area contributed by atoms with Gasteiger partial charge in [0.1, 0.15) is 5.75 Å². The highest BCUT2D eigenvalue weighted by atomic mass is 35.5. The van der Waals surface area contributed by atoms with Gasteiger partial charge in [-0.15, -0.1) is 12.4 Å². The van der Waals surface area contributed by atoms with Gasteiger partial charge in [-0.05, 0) is 31.7 Å². The number of hydrogen-bond acceptors (Lipinski definition) is 3. The molecule has 2 saturated heterocycles. The van der Waals surface area contributed by atoms with Gasteiger partial charge in [-0.2, -0.15) is 0 Å². The van der Waals surface area contributed by atoms with Crippen LogP contribution in [0.25, 0.3) is 0 Å². The van der Waals surface area contributed by atoms with E-state index in [0.717, 1.165) is 24.2 Å². The van der Waals surface area contributed by atoms with Crippen molar-refractivity contribution in [2.24, 2.45) is 0 Å². The summed E-state index contributed by atoms with van der Waals surface area (Å²) in [6.45, 7) is 0. The Morgan fingerprint density at radius 3 is 2.55 bits per heavy atom. The molecule has 0 aromatic heterocycles. The second-order valence-electron chi connectivity index (χ2n) is 6.26. The topological polar surface area (TPSA) is 41.6 Å². The lowest BCUT2D eigenvalue weighted by Crippen LogP contribution is -2.49. The number of ether oxygens (including phenoxy) is 1. The first kappa shape index (κ1) is 17.1. The number of nitrogens with zero attached hydrogens (tertiary/aromatic N) is 1. The van der Waals surface area contributed by atoms with Gasteiger partial charge >= 0.3 is 0 Å². The summed E-state index contributed by atoms with van der Waals surface area (Å²) in [4.78, 5) is 14.5. The summed E-state index contributed by atoms with van der Waals surface area (Å²) in [7, 11) is 3.60. The standard InChI is InChI=1S/C17H24N2O2.ClH/c1-19(15-10-13-7-8-14(11-15)18-13)17(20)9-12-5-3-4-6-16(12)21-2;/h3-6,13-15,18H,7-11H2,1-2H3;1H. The molecule has 0 radical (unpaired) electrons. The Balaban J connectivity index is 0.00000176. The van der Waals surface area contributed by atoms with E-state index in [4.69, 9.17) is 4.74 Å². The van der Waals surface area contributed by atoms with E-state index >= 15 is 0 Å². The Hall–Kier alpha value is -1.26. The van der Waals surface area contributed by atoms with Gasteiger partial charge in [0, 0.05) is 30.7 Å². The second-order valence-corrected chi connectivity index (χ2v) is 6.26. The van der Waals surface area contributed by atoms with Crippen molar-refractivity contribution in [3.8, 4) is 5.75 Å². The highest BCUT2D eigenvalue weighted by molar-refractivity contribution is 5.85. The van der Waals surface area contributed by atoms with Crippen molar-refractivity contribution >= 4 is 18.3 Å². The molecule has 0 saturated carbocycles. The van der Waals surface area contributed by atoms with Crippen molar-refractivity contribution in [1.29, 1.82) is 0 Å². The maximum absolute atomic E-state index is 12.6. The number of hydrogen-bond donors (Lipinski definition) is 1. The lowest BCUT2D eigenvalue weighted by Gasteiger charge is -2.35. The third-order valence-corrected chi connectivity index (χ3v) is 4.92. The van der Waals surface area contributed by atoms with Crippen LogP contribution in [0.4, 0.5) is 0 Å². The maximum Gasteiger partial charge on any atom is 0.227 e. The minimum atomic E-state index is 0. The Morgan fingerprint density at radius 2 is 1.91 bits per heavy atom. The first-order valence-electron chi connectivity index (χ1n) is 7.81. The molecular formula is C17H25ClN2O2. The fourth-order valence-corrected chi connectivity index (χ4v) is 3.68. The average Bonchev–Trinajstić information content (AvgIpc) is 2.85. The number of piperidine rings is 1. The molecule has 1 aromatic carbocycles.